The van der Waals surface area contributed by atoms with Crippen LogP contribution in [0.15, 0.2) is 18.2 Å². The molecule has 0 fully saturated rings. The van der Waals surface area contributed by atoms with Gasteiger partial charge in [-0.15, -0.1) is 0 Å². The molecule has 2 nitrogen and oxygen atoms in total. The molecule has 1 rings (SSSR count). The van der Waals surface area contributed by atoms with E-state index in [2.05, 4.69) is 15.9 Å². The number of benzene rings is 1. The number of halogens is 3. The molecule has 0 heterocycles. The summed E-state index contributed by atoms with van der Waals surface area (Å²) in [6.45, 7) is 2.43. The third kappa shape index (κ3) is 3.46. The lowest BCUT2D eigenvalue weighted by molar-refractivity contribution is 0.0793. The average molecular weight is 309 g/mol. The molecule has 0 saturated carbocycles. The zero-order valence-corrected chi connectivity index (χ0v) is 11.3. The fraction of sp³-hybridized carbons (Fsp3) is 0.364. The fourth-order valence-electron chi connectivity index (χ4n) is 1.33. The van der Waals surface area contributed by atoms with Crippen LogP contribution >= 0.6 is 27.5 Å². The Labute approximate surface area is 108 Å². The van der Waals surface area contributed by atoms with Crippen LogP contribution in [0.2, 0.25) is 5.02 Å². The molecule has 1 aromatic rings. The van der Waals surface area contributed by atoms with Crippen molar-refractivity contribution in [3.8, 4) is 0 Å². The number of rotatable bonds is 3. The van der Waals surface area contributed by atoms with E-state index in [0.29, 0.717) is 6.54 Å². The van der Waals surface area contributed by atoms with Gasteiger partial charge in [0.15, 0.2) is 0 Å². The highest BCUT2D eigenvalue weighted by Gasteiger charge is 2.17. The second kappa shape index (κ2) is 5.64. The lowest BCUT2D eigenvalue weighted by atomic mass is 10.2. The number of carbonyl (C=O) groups excluding carboxylic acids is 1. The van der Waals surface area contributed by atoms with Crippen LogP contribution in [0.1, 0.15) is 17.3 Å². The van der Waals surface area contributed by atoms with E-state index in [1.54, 1.807) is 7.05 Å². The third-order valence-corrected chi connectivity index (χ3v) is 2.56. The van der Waals surface area contributed by atoms with E-state index < -0.39 is 5.82 Å². The Balaban J connectivity index is 2.88. The maximum atomic E-state index is 13.5. The summed E-state index contributed by atoms with van der Waals surface area (Å²) in [6.07, 6.45) is 0. The average Bonchev–Trinajstić information content (AvgIpc) is 2.15. The van der Waals surface area contributed by atoms with Crippen molar-refractivity contribution in [3.05, 3.63) is 34.6 Å². The predicted molar refractivity (Wildman–Crippen MR) is 66.8 cm³/mol. The number of carbonyl (C=O) groups is 1. The second-order valence-corrected chi connectivity index (χ2v) is 5.59. The van der Waals surface area contributed by atoms with Crippen molar-refractivity contribution >= 4 is 33.4 Å². The Hall–Kier alpha value is -0.610. The summed E-state index contributed by atoms with van der Waals surface area (Å²) in [6, 6.07) is 4.04. The SMILES string of the molecule is CC(Br)CN(C)C(=O)c1ccc(Cl)cc1F. The smallest absolute Gasteiger partial charge is 0.256 e. The van der Waals surface area contributed by atoms with Crippen LogP contribution in [0.25, 0.3) is 0 Å². The third-order valence-electron chi connectivity index (χ3n) is 2.03. The number of hydrogen-bond acceptors (Lipinski definition) is 1. The van der Waals surface area contributed by atoms with Crippen molar-refractivity contribution in [2.45, 2.75) is 11.8 Å². The Kier molecular flexibility index (Phi) is 4.74. The van der Waals surface area contributed by atoms with Crippen molar-refractivity contribution in [2.24, 2.45) is 0 Å². The predicted octanol–water partition coefficient (Wildman–Crippen LogP) is 3.33. The highest BCUT2D eigenvalue weighted by atomic mass is 79.9. The molecule has 16 heavy (non-hydrogen) atoms. The van der Waals surface area contributed by atoms with E-state index in [4.69, 9.17) is 11.6 Å². The second-order valence-electron chi connectivity index (χ2n) is 3.59. The van der Waals surface area contributed by atoms with Gasteiger partial charge in [0.05, 0.1) is 5.56 Å². The Morgan fingerprint density at radius 1 is 1.62 bits per heavy atom. The molecule has 1 amide bonds. The molecule has 1 aromatic carbocycles. The molecular weight excluding hydrogens is 296 g/mol. The highest BCUT2D eigenvalue weighted by Crippen LogP contribution is 2.16. The first-order valence-electron chi connectivity index (χ1n) is 4.76. The molecule has 0 bridgehead atoms. The summed E-state index contributed by atoms with van der Waals surface area (Å²) in [5, 5.41) is 0.283. The molecule has 88 valence electrons. The highest BCUT2D eigenvalue weighted by molar-refractivity contribution is 9.09. The minimum absolute atomic E-state index is 0.0417. The molecule has 0 N–H and O–H groups in total. The Morgan fingerprint density at radius 3 is 2.75 bits per heavy atom. The minimum Gasteiger partial charge on any atom is -0.341 e. The monoisotopic (exact) mass is 307 g/mol. The number of amides is 1. The Morgan fingerprint density at radius 2 is 2.25 bits per heavy atom. The first-order valence-corrected chi connectivity index (χ1v) is 6.05. The van der Waals surface area contributed by atoms with E-state index in [1.807, 2.05) is 6.92 Å². The molecule has 0 radical (unpaired) electrons. The lowest BCUT2D eigenvalue weighted by Gasteiger charge is -2.18. The van der Waals surface area contributed by atoms with Gasteiger partial charge in [-0.1, -0.05) is 34.5 Å². The topological polar surface area (TPSA) is 20.3 Å². The molecule has 5 heteroatoms. The molecule has 0 spiro atoms. The lowest BCUT2D eigenvalue weighted by Crippen LogP contribution is -2.31. The summed E-state index contributed by atoms with van der Waals surface area (Å²) >= 11 is 8.95. The zero-order valence-electron chi connectivity index (χ0n) is 9.01. The maximum Gasteiger partial charge on any atom is 0.256 e. The van der Waals surface area contributed by atoms with Gasteiger partial charge in [0.1, 0.15) is 5.82 Å². The summed E-state index contributed by atoms with van der Waals surface area (Å²) in [5.41, 5.74) is 0.0417. The van der Waals surface area contributed by atoms with Gasteiger partial charge in [-0.3, -0.25) is 4.79 Å². The normalized spacial score (nSPS) is 12.3. The van der Waals surface area contributed by atoms with Gasteiger partial charge in [0.25, 0.3) is 5.91 Å². The summed E-state index contributed by atoms with van der Waals surface area (Å²) in [7, 11) is 1.63. The van der Waals surface area contributed by atoms with Crippen molar-refractivity contribution < 1.29 is 9.18 Å². The van der Waals surface area contributed by atoms with Crippen molar-refractivity contribution in [1.29, 1.82) is 0 Å². The van der Waals surface area contributed by atoms with Crippen molar-refractivity contribution in [3.63, 3.8) is 0 Å². The molecular formula is C11H12BrClFNO. The van der Waals surface area contributed by atoms with Crippen molar-refractivity contribution in [2.75, 3.05) is 13.6 Å². The van der Waals surface area contributed by atoms with Gasteiger partial charge in [-0.2, -0.15) is 0 Å². The van der Waals surface area contributed by atoms with Gasteiger partial charge in [-0.25, -0.2) is 4.39 Å². The standard InChI is InChI=1S/C11H12BrClFNO/c1-7(12)6-15(2)11(16)9-4-3-8(13)5-10(9)14/h3-5,7H,6H2,1-2H3. The van der Waals surface area contributed by atoms with E-state index >= 15 is 0 Å². The van der Waals surface area contributed by atoms with Crippen LogP contribution in [0, 0.1) is 5.82 Å². The van der Waals surface area contributed by atoms with Gasteiger partial charge in [0, 0.05) is 23.4 Å². The largest absolute Gasteiger partial charge is 0.341 e. The molecule has 0 aliphatic carbocycles. The van der Waals surface area contributed by atoms with Crippen LogP contribution in [0.4, 0.5) is 4.39 Å². The first kappa shape index (κ1) is 13.5. The van der Waals surface area contributed by atoms with Crippen LogP contribution in [0.3, 0.4) is 0 Å². The van der Waals surface area contributed by atoms with E-state index in [1.165, 1.54) is 17.0 Å². The summed E-state index contributed by atoms with van der Waals surface area (Å²) in [5.74, 6) is -0.938. The summed E-state index contributed by atoms with van der Waals surface area (Å²) < 4.78 is 13.5. The summed E-state index contributed by atoms with van der Waals surface area (Å²) in [4.78, 5) is 13.5. The number of hydrogen-bond donors (Lipinski definition) is 0. The molecule has 0 saturated heterocycles. The van der Waals surface area contributed by atoms with Gasteiger partial charge < -0.3 is 4.90 Å². The first-order chi connectivity index (χ1) is 7.41. The molecule has 0 aliphatic rings. The molecule has 0 aromatic heterocycles. The maximum absolute atomic E-state index is 13.5. The van der Waals surface area contributed by atoms with E-state index in [-0.39, 0.29) is 21.3 Å². The quantitative estimate of drug-likeness (QED) is 0.784. The van der Waals surface area contributed by atoms with Crippen LogP contribution in [-0.4, -0.2) is 29.2 Å². The van der Waals surface area contributed by atoms with E-state index in [9.17, 15) is 9.18 Å². The number of alkyl halides is 1. The van der Waals surface area contributed by atoms with Crippen molar-refractivity contribution in [1.82, 2.24) is 4.90 Å². The number of nitrogens with zero attached hydrogens (tertiary/aromatic N) is 1. The van der Waals surface area contributed by atoms with Crippen LogP contribution in [0.5, 0.6) is 0 Å². The van der Waals surface area contributed by atoms with Gasteiger partial charge >= 0.3 is 0 Å². The molecule has 1 unspecified atom stereocenters. The van der Waals surface area contributed by atoms with E-state index in [0.717, 1.165) is 6.07 Å². The minimum atomic E-state index is -0.591. The Bertz CT molecular complexity index is 398. The van der Waals surface area contributed by atoms with Crippen LogP contribution in [-0.2, 0) is 0 Å². The van der Waals surface area contributed by atoms with Gasteiger partial charge in [0.2, 0.25) is 0 Å². The van der Waals surface area contributed by atoms with Gasteiger partial charge in [-0.05, 0) is 18.2 Å². The zero-order chi connectivity index (χ0) is 12.3. The molecule has 1 atom stereocenters. The van der Waals surface area contributed by atoms with Crippen LogP contribution < -0.4 is 0 Å². The fourth-order valence-corrected chi connectivity index (χ4v) is 1.92. The molecule has 0 aliphatic heterocycles.